The van der Waals surface area contributed by atoms with Crippen molar-refractivity contribution >= 4 is 11.9 Å². The van der Waals surface area contributed by atoms with Crippen LogP contribution in [0.1, 0.15) is 20.7 Å². The molecule has 0 fully saturated rings. The van der Waals surface area contributed by atoms with Crippen LogP contribution in [0, 0.1) is 0 Å². The van der Waals surface area contributed by atoms with Crippen LogP contribution >= 0.6 is 0 Å². The zero-order chi connectivity index (χ0) is 15.9. The summed E-state index contributed by atoms with van der Waals surface area (Å²) in [6, 6.07) is 11.7. The number of para-hydroxylation sites is 2. The Kier molecular flexibility index (Phi) is 4.66. The number of hydrogen-bond donors (Lipinski definition) is 2. The number of hydrogen-bond acceptors (Lipinski definition) is 6. The van der Waals surface area contributed by atoms with Gasteiger partial charge in [0.1, 0.15) is 11.1 Å². The van der Waals surface area contributed by atoms with Gasteiger partial charge in [-0.1, -0.05) is 24.3 Å². The molecule has 0 saturated carbocycles. The topological polar surface area (TPSA) is 118 Å². The highest BCUT2D eigenvalue weighted by Gasteiger charge is 2.11. The molecular weight excluding hydrogens is 292 g/mol. The van der Waals surface area contributed by atoms with Gasteiger partial charge in [-0.3, -0.25) is 0 Å². The third-order valence-electron chi connectivity index (χ3n) is 2.55. The summed E-state index contributed by atoms with van der Waals surface area (Å²) in [6.07, 6.45) is 0. The lowest BCUT2D eigenvalue weighted by atomic mass is 10.2. The van der Waals surface area contributed by atoms with Crippen molar-refractivity contribution in [3.63, 3.8) is 0 Å². The highest BCUT2D eigenvalue weighted by Crippen LogP contribution is 2.20. The molecule has 8 nitrogen and oxygen atoms in total. The minimum Gasteiger partial charge on any atom is -0.478 e. The minimum atomic E-state index is -1.18. The van der Waals surface area contributed by atoms with Crippen LogP contribution in [-0.2, 0) is 0 Å². The fourth-order valence-corrected chi connectivity index (χ4v) is 1.57. The van der Waals surface area contributed by atoms with Gasteiger partial charge >= 0.3 is 11.9 Å². The number of rotatable bonds is 6. The van der Waals surface area contributed by atoms with E-state index in [1.807, 2.05) is 0 Å². The second kappa shape index (κ2) is 6.84. The molecule has 0 unspecified atom stereocenters. The number of nitrogens with zero attached hydrogens (tertiary/aromatic N) is 2. The van der Waals surface area contributed by atoms with Gasteiger partial charge in [0, 0.05) is 0 Å². The fourth-order valence-electron chi connectivity index (χ4n) is 1.57. The first kappa shape index (κ1) is 15.0. The Morgan fingerprint density at radius 2 is 1.09 bits per heavy atom. The average molecular weight is 302 g/mol. The maximum absolute atomic E-state index is 10.9. The first-order valence-electron chi connectivity index (χ1n) is 5.98. The van der Waals surface area contributed by atoms with Gasteiger partial charge in [-0.25, -0.2) is 9.59 Å². The maximum Gasteiger partial charge on any atom is 0.339 e. The van der Waals surface area contributed by atoms with E-state index in [9.17, 15) is 9.59 Å². The van der Waals surface area contributed by atoms with Gasteiger partial charge in [0.05, 0.1) is 10.6 Å². The van der Waals surface area contributed by atoms with Gasteiger partial charge in [0.25, 0.3) is 0 Å². The van der Waals surface area contributed by atoms with Crippen LogP contribution < -0.4 is 9.68 Å². The van der Waals surface area contributed by atoms with E-state index in [2.05, 4.69) is 10.6 Å². The summed E-state index contributed by atoms with van der Waals surface area (Å²) in [7, 11) is 0. The monoisotopic (exact) mass is 302 g/mol. The summed E-state index contributed by atoms with van der Waals surface area (Å²) in [5, 5.41) is 24.4. The molecule has 2 aromatic rings. The molecular formula is C14H10N2O6. The molecule has 0 aliphatic rings. The van der Waals surface area contributed by atoms with Crippen molar-refractivity contribution in [1.29, 1.82) is 0 Å². The molecule has 0 spiro atoms. The SMILES string of the molecule is O=C(O)c1ccccc1O/N=N/Oc1ccccc1C(=O)O. The summed E-state index contributed by atoms with van der Waals surface area (Å²) in [5.74, 6) is -2.39. The smallest absolute Gasteiger partial charge is 0.339 e. The number of carbonyl (C=O) groups is 2. The Hall–Kier alpha value is -3.42. The van der Waals surface area contributed by atoms with Crippen molar-refractivity contribution in [3.05, 3.63) is 59.7 Å². The van der Waals surface area contributed by atoms with Gasteiger partial charge in [-0.05, 0) is 24.3 Å². The summed E-state index contributed by atoms with van der Waals surface area (Å²) in [6.45, 7) is 0. The molecule has 0 saturated heterocycles. The lowest BCUT2D eigenvalue weighted by molar-refractivity contribution is 0.0676. The molecule has 2 aromatic carbocycles. The molecule has 0 radical (unpaired) electrons. The molecule has 0 aromatic heterocycles. The number of aromatic carboxylic acids is 2. The van der Waals surface area contributed by atoms with Crippen LogP contribution in [0.25, 0.3) is 0 Å². The second-order valence-electron chi connectivity index (χ2n) is 3.95. The summed E-state index contributed by atoms with van der Waals surface area (Å²) < 4.78 is 0. The van der Waals surface area contributed by atoms with Gasteiger partial charge in [0.15, 0.2) is 11.5 Å². The molecule has 2 rings (SSSR count). The molecule has 0 atom stereocenters. The highest BCUT2D eigenvalue weighted by molar-refractivity contribution is 5.91. The van der Waals surface area contributed by atoms with Crippen LogP contribution in [0.5, 0.6) is 11.5 Å². The van der Waals surface area contributed by atoms with Crippen LogP contribution in [0.3, 0.4) is 0 Å². The predicted molar refractivity (Wildman–Crippen MR) is 72.9 cm³/mol. The highest BCUT2D eigenvalue weighted by atomic mass is 16.7. The molecule has 112 valence electrons. The van der Waals surface area contributed by atoms with Crippen molar-refractivity contribution in [2.24, 2.45) is 10.6 Å². The Morgan fingerprint density at radius 1 is 0.727 bits per heavy atom. The van der Waals surface area contributed by atoms with Crippen LogP contribution in [-0.4, -0.2) is 22.2 Å². The van der Waals surface area contributed by atoms with Crippen molar-refractivity contribution in [2.45, 2.75) is 0 Å². The van der Waals surface area contributed by atoms with Gasteiger partial charge in [0.2, 0.25) is 0 Å². The van der Waals surface area contributed by atoms with E-state index < -0.39 is 11.9 Å². The normalized spacial score (nSPS) is 10.4. The van der Waals surface area contributed by atoms with Crippen molar-refractivity contribution in [3.8, 4) is 11.5 Å². The zero-order valence-corrected chi connectivity index (χ0v) is 11.0. The molecule has 22 heavy (non-hydrogen) atoms. The first-order chi connectivity index (χ1) is 10.6. The number of carboxylic acid groups (broad SMARTS) is 2. The molecule has 0 aliphatic heterocycles. The number of benzene rings is 2. The summed E-state index contributed by atoms with van der Waals surface area (Å²) in [4.78, 5) is 31.5. The van der Waals surface area contributed by atoms with E-state index >= 15 is 0 Å². The van der Waals surface area contributed by atoms with Crippen molar-refractivity contribution < 1.29 is 29.5 Å². The molecule has 0 aliphatic carbocycles. The molecule has 0 bridgehead atoms. The van der Waals surface area contributed by atoms with Crippen LogP contribution in [0.2, 0.25) is 0 Å². The van der Waals surface area contributed by atoms with Crippen molar-refractivity contribution in [1.82, 2.24) is 0 Å². The second-order valence-corrected chi connectivity index (χ2v) is 3.95. The fraction of sp³-hybridized carbons (Fsp3) is 0. The van der Waals surface area contributed by atoms with E-state index in [0.29, 0.717) is 0 Å². The lowest BCUT2D eigenvalue weighted by Gasteiger charge is -2.02. The zero-order valence-electron chi connectivity index (χ0n) is 11.0. The Bertz CT molecular complexity index is 667. The number of carboxylic acids is 2. The van der Waals surface area contributed by atoms with E-state index in [-0.39, 0.29) is 22.6 Å². The largest absolute Gasteiger partial charge is 0.478 e. The third kappa shape index (κ3) is 3.57. The summed E-state index contributed by atoms with van der Waals surface area (Å²) in [5.41, 5.74) is -0.181. The standard InChI is InChI=1S/C14H10N2O6/c17-13(18)9-5-1-3-7-11(9)21-15-16-22-12-8-4-2-6-10(12)14(19)20/h1-8H,(H,17,18)(H,19,20)/b16-15+. The van der Waals surface area contributed by atoms with E-state index in [1.165, 1.54) is 36.4 Å². The Morgan fingerprint density at radius 3 is 1.45 bits per heavy atom. The minimum absolute atomic E-state index is 0.0196. The van der Waals surface area contributed by atoms with Gasteiger partial charge in [-0.15, -0.1) is 0 Å². The Labute approximate surface area is 124 Å². The predicted octanol–water partition coefficient (Wildman–Crippen LogP) is 2.82. The van der Waals surface area contributed by atoms with Crippen molar-refractivity contribution in [2.75, 3.05) is 0 Å². The lowest BCUT2D eigenvalue weighted by Crippen LogP contribution is -2.00. The maximum atomic E-state index is 10.9. The molecule has 8 heteroatoms. The average Bonchev–Trinajstić information content (AvgIpc) is 2.52. The summed E-state index contributed by atoms with van der Waals surface area (Å²) >= 11 is 0. The quantitative estimate of drug-likeness (QED) is 0.625. The van der Waals surface area contributed by atoms with E-state index in [1.54, 1.807) is 12.1 Å². The molecule has 2 N–H and O–H groups in total. The third-order valence-corrected chi connectivity index (χ3v) is 2.55. The van der Waals surface area contributed by atoms with E-state index in [4.69, 9.17) is 19.9 Å². The van der Waals surface area contributed by atoms with Crippen LogP contribution in [0.15, 0.2) is 59.1 Å². The Balaban J connectivity index is 2.06. The first-order valence-corrected chi connectivity index (χ1v) is 5.98. The molecule has 0 heterocycles. The van der Waals surface area contributed by atoms with Gasteiger partial charge in [-0.2, -0.15) is 0 Å². The molecule has 0 amide bonds. The van der Waals surface area contributed by atoms with Crippen LogP contribution in [0.4, 0.5) is 0 Å². The van der Waals surface area contributed by atoms with E-state index in [0.717, 1.165) is 0 Å². The van der Waals surface area contributed by atoms with Gasteiger partial charge < -0.3 is 19.9 Å².